The number of amides is 1. The van der Waals surface area contributed by atoms with Crippen molar-refractivity contribution in [1.82, 2.24) is 25.7 Å². The zero-order valence-corrected chi connectivity index (χ0v) is 14.5. The van der Waals surface area contributed by atoms with Gasteiger partial charge in [0.1, 0.15) is 0 Å². The second kappa shape index (κ2) is 7.37. The first-order chi connectivity index (χ1) is 12.3. The van der Waals surface area contributed by atoms with Crippen LogP contribution in [0.15, 0.2) is 24.3 Å². The minimum atomic E-state index is -0.105. The van der Waals surface area contributed by atoms with Gasteiger partial charge in [0.25, 0.3) is 5.91 Å². The lowest BCUT2D eigenvalue weighted by atomic mass is 10.1. The van der Waals surface area contributed by atoms with E-state index in [9.17, 15) is 4.79 Å². The van der Waals surface area contributed by atoms with E-state index in [2.05, 4.69) is 50.0 Å². The Morgan fingerprint density at radius 2 is 2.08 bits per heavy atom. The van der Waals surface area contributed by atoms with Gasteiger partial charge in [-0.2, -0.15) is 5.10 Å². The van der Waals surface area contributed by atoms with E-state index >= 15 is 0 Å². The summed E-state index contributed by atoms with van der Waals surface area (Å²) in [6, 6.07) is 8.50. The lowest BCUT2D eigenvalue weighted by Gasteiger charge is -2.15. The van der Waals surface area contributed by atoms with E-state index in [-0.39, 0.29) is 5.91 Å². The number of rotatable bonds is 5. The fraction of sp³-hybridized carbons (Fsp3) is 0.474. The van der Waals surface area contributed by atoms with Gasteiger partial charge in [-0.1, -0.05) is 24.3 Å². The van der Waals surface area contributed by atoms with Crippen molar-refractivity contribution in [2.75, 3.05) is 19.6 Å². The molecule has 1 aromatic carbocycles. The smallest absolute Gasteiger partial charge is 0.272 e. The van der Waals surface area contributed by atoms with Crippen LogP contribution in [0, 0.1) is 0 Å². The van der Waals surface area contributed by atoms with Crippen molar-refractivity contribution in [2.45, 2.75) is 38.9 Å². The lowest BCUT2D eigenvalue weighted by Crippen LogP contribution is -2.28. The largest absolute Gasteiger partial charge is 0.347 e. The topological polar surface area (TPSA) is 73.0 Å². The van der Waals surface area contributed by atoms with Gasteiger partial charge < -0.3 is 10.6 Å². The third-order valence-corrected chi connectivity index (χ3v) is 5.07. The Bertz CT molecular complexity index is 748. The summed E-state index contributed by atoms with van der Waals surface area (Å²) in [6.45, 7) is 5.56. The van der Waals surface area contributed by atoms with Crippen LogP contribution in [0.25, 0.3) is 0 Å². The average molecular weight is 339 g/mol. The molecule has 1 fully saturated rings. The Balaban J connectivity index is 1.37. The summed E-state index contributed by atoms with van der Waals surface area (Å²) >= 11 is 0. The summed E-state index contributed by atoms with van der Waals surface area (Å²) in [5.41, 5.74) is 5.06. The Hall–Kier alpha value is -2.18. The molecule has 4 rings (SSSR count). The van der Waals surface area contributed by atoms with Crippen LogP contribution in [0.4, 0.5) is 0 Å². The van der Waals surface area contributed by atoms with E-state index in [0.29, 0.717) is 18.8 Å². The molecule has 2 aliphatic rings. The Kier molecular flexibility index (Phi) is 4.81. The monoisotopic (exact) mass is 339 g/mol. The third kappa shape index (κ3) is 3.75. The number of nitrogens with one attached hydrogen (secondary N) is 3. The number of carbonyl (C=O) groups excluding carboxylic acids is 1. The van der Waals surface area contributed by atoms with E-state index in [1.165, 1.54) is 31.5 Å². The highest BCUT2D eigenvalue weighted by Crippen LogP contribution is 2.16. The van der Waals surface area contributed by atoms with Gasteiger partial charge in [0.15, 0.2) is 5.69 Å². The number of fused-ring (bicyclic) bond motifs is 1. The first-order valence-electron chi connectivity index (χ1n) is 9.15. The highest BCUT2D eigenvalue weighted by molar-refractivity contribution is 5.94. The standard InChI is InChI=1S/C19H25N5O/c25-19(18-16-12-20-7-6-17(16)22-23-18)21-11-14-4-3-5-15(10-14)13-24-8-1-2-9-24/h3-5,10,20H,1-2,6-9,11-13H2,(H,21,25)(H,22,23). The van der Waals surface area contributed by atoms with Gasteiger partial charge in [0.2, 0.25) is 0 Å². The Morgan fingerprint density at radius 3 is 2.96 bits per heavy atom. The third-order valence-electron chi connectivity index (χ3n) is 5.07. The normalized spacial score (nSPS) is 17.4. The number of aromatic amines is 1. The fourth-order valence-corrected chi connectivity index (χ4v) is 3.72. The van der Waals surface area contributed by atoms with Gasteiger partial charge in [0, 0.05) is 43.9 Å². The van der Waals surface area contributed by atoms with Crippen molar-refractivity contribution in [3.63, 3.8) is 0 Å². The summed E-state index contributed by atoms with van der Waals surface area (Å²) in [4.78, 5) is 15.0. The maximum absolute atomic E-state index is 12.5. The second-order valence-corrected chi connectivity index (χ2v) is 6.94. The minimum absolute atomic E-state index is 0.105. The van der Waals surface area contributed by atoms with E-state index in [1.54, 1.807) is 0 Å². The van der Waals surface area contributed by atoms with Crippen molar-refractivity contribution >= 4 is 5.91 Å². The van der Waals surface area contributed by atoms with Crippen LogP contribution in [0.5, 0.6) is 0 Å². The van der Waals surface area contributed by atoms with Crippen molar-refractivity contribution in [2.24, 2.45) is 0 Å². The minimum Gasteiger partial charge on any atom is -0.347 e. The van der Waals surface area contributed by atoms with E-state index in [0.717, 1.165) is 36.3 Å². The average Bonchev–Trinajstić information content (AvgIpc) is 3.29. The molecule has 1 saturated heterocycles. The second-order valence-electron chi connectivity index (χ2n) is 6.94. The van der Waals surface area contributed by atoms with Gasteiger partial charge in [0.05, 0.1) is 0 Å². The molecule has 0 bridgehead atoms. The summed E-state index contributed by atoms with van der Waals surface area (Å²) in [5, 5.41) is 13.5. The molecular formula is C19H25N5O. The van der Waals surface area contributed by atoms with E-state index < -0.39 is 0 Å². The predicted octanol–water partition coefficient (Wildman–Crippen LogP) is 1.58. The Morgan fingerprint density at radius 1 is 1.24 bits per heavy atom. The summed E-state index contributed by atoms with van der Waals surface area (Å²) in [6.07, 6.45) is 3.51. The van der Waals surface area contributed by atoms with E-state index in [1.807, 2.05) is 0 Å². The summed E-state index contributed by atoms with van der Waals surface area (Å²) in [7, 11) is 0. The number of hydrogen-bond donors (Lipinski definition) is 3. The van der Waals surface area contributed by atoms with Gasteiger partial charge >= 0.3 is 0 Å². The van der Waals surface area contributed by atoms with Gasteiger partial charge in [-0.3, -0.25) is 14.8 Å². The molecule has 0 spiro atoms. The first-order valence-corrected chi connectivity index (χ1v) is 9.15. The van der Waals surface area contributed by atoms with Gasteiger partial charge in [-0.05, 0) is 37.1 Å². The molecule has 3 heterocycles. The van der Waals surface area contributed by atoms with Crippen LogP contribution in [-0.2, 0) is 26.1 Å². The maximum atomic E-state index is 12.5. The molecular weight excluding hydrogens is 314 g/mol. The van der Waals surface area contributed by atoms with Crippen LogP contribution in [-0.4, -0.2) is 40.6 Å². The predicted molar refractivity (Wildman–Crippen MR) is 96.1 cm³/mol. The number of hydrogen-bond acceptors (Lipinski definition) is 4. The Labute approximate surface area is 148 Å². The van der Waals surface area contributed by atoms with Gasteiger partial charge in [-0.25, -0.2) is 0 Å². The molecule has 0 saturated carbocycles. The number of benzene rings is 1. The first kappa shape index (κ1) is 16.3. The quantitative estimate of drug-likeness (QED) is 0.773. The molecule has 2 aliphatic heterocycles. The molecule has 6 heteroatoms. The molecule has 1 amide bonds. The van der Waals surface area contributed by atoms with Crippen LogP contribution >= 0.6 is 0 Å². The molecule has 0 aliphatic carbocycles. The maximum Gasteiger partial charge on any atom is 0.272 e. The van der Waals surface area contributed by atoms with Crippen LogP contribution in [0.1, 0.15) is 45.7 Å². The van der Waals surface area contributed by atoms with Crippen molar-refractivity contribution in [1.29, 1.82) is 0 Å². The zero-order valence-electron chi connectivity index (χ0n) is 14.5. The van der Waals surface area contributed by atoms with Crippen LogP contribution < -0.4 is 10.6 Å². The van der Waals surface area contributed by atoms with Crippen LogP contribution in [0.3, 0.4) is 0 Å². The number of aromatic nitrogens is 2. The van der Waals surface area contributed by atoms with Crippen LogP contribution in [0.2, 0.25) is 0 Å². The number of nitrogens with zero attached hydrogens (tertiary/aromatic N) is 2. The van der Waals surface area contributed by atoms with Gasteiger partial charge in [-0.15, -0.1) is 0 Å². The van der Waals surface area contributed by atoms with Crippen molar-refractivity contribution < 1.29 is 4.79 Å². The number of likely N-dealkylation sites (tertiary alicyclic amines) is 1. The molecule has 0 radical (unpaired) electrons. The number of H-pyrrole nitrogens is 1. The highest BCUT2D eigenvalue weighted by atomic mass is 16.1. The lowest BCUT2D eigenvalue weighted by molar-refractivity contribution is 0.0944. The SMILES string of the molecule is O=C(NCc1cccc(CN2CCCC2)c1)c1n[nH]c2c1CNCC2. The molecule has 6 nitrogen and oxygen atoms in total. The zero-order chi connectivity index (χ0) is 17.1. The van der Waals surface area contributed by atoms with E-state index in [4.69, 9.17) is 0 Å². The summed E-state index contributed by atoms with van der Waals surface area (Å²) in [5.74, 6) is -0.105. The summed E-state index contributed by atoms with van der Waals surface area (Å²) < 4.78 is 0. The fourth-order valence-electron chi connectivity index (χ4n) is 3.72. The number of carbonyl (C=O) groups is 1. The molecule has 3 N–H and O–H groups in total. The molecule has 25 heavy (non-hydrogen) atoms. The van der Waals surface area contributed by atoms with Crippen molar-refractivity contribution in [3.05, 3.63) is 52.3 Å². The highest BCUT2D eigenvalue weighted by Gasteiger charge is 2.21. The molecule has 0 atom stereocenters. The molecule has 1 aromatic heterocycles. The molecule has 2 aromatic rings. The molecule has 0 unspecified atom stereocenters. The van der Waals surface area contributed by atoms with Crippen molar-refractivity contribution in [3.8, 4) is 0 Å². The molecule has 132 valence electrons.